The Labute approximate surface area is 327 Å². The van der Waals surface area contributed by atoms with Crippen LogP contribution in [-0.2, 0) is 19.6 Å². The maximum Gasteiger partial charge on any atom is 0.573 e. The summed E-state index contributed by atoms with van der Waals surface area (Å²) in [5.74, 6) is -1.66. The summed E-state index contributed by atoms with van der Waals surface area (Å²) in [5.41, 5.74) is -0.370. The number of nitrogens with one attached hydrogen (secondary N) is 2. The van der Waals surface area contributed by atoms with Gasteiger partial charge in [0.05, 0.1) is 33.2 Å². The second-order valence-corrected chi connectivity index (χ2v) is 18.9. The van der Waals surface area contributed by atoms with Gasteiger partial charge in [0.15, 0.2) is 0 Å². The number of carbonyl (C=O) groups excluding carboxylic acids is 3. The van der Waals surface area contributed by atoms with Crippen LogP contribution in [0, 0.1) is 12.8 Å². The van der Waals surface area contributed by atoms with Gasteiger partial charge in [-0.2, -0.15) is 0 Å². The lowest BCUT2D eigenvalue weighted by Crippen LogP contribution is -2.58. The zero-order valence-corrected chi connectivity index (χ0v) is 33.4. The van der Waals surface area contributed by atoms with E-state index in [9.17, 15) is 36.0 Å². The Morgan fingerprint density at radius 2 is 1.88 bits per heavy atom. The molecular weight excluding hydrogens is 774 g/mol. The van der Waals surface area contributed by atoms with E-state index in [1.54, 1.807) is 24.9 Å². The first kappa shape index (κ1) is 39.8. The van der Waals surface area contributed by atoms with Crippen LogP contribution in [0.1, 0.15) is 82.2 Å². The number of aromatic nitrogens is 2. The summed E-state index contributed by atoms with van der Waals surface area (Å²) < 4.78 is 78.3. The van der Waals surface area contributed by atoms with Crippen molar-refractivity contribution in [2.24, 2.45) is 5.92 Å². The number of hydrogen-bond acceptors (Lipinski definition) is 10. The minimum Gasteiger partial charge on any atom is -0.488 e. The van der Waals surface area contributed by atoms with Gasteiger partial charge in [-0.25, -0.2) is 23.2 Å². The zero-order chi connectivity index (χ0) is 40.4. The molecule has 0 bridgehead atoms. The van der Waals surface area contributed by atoms with E-state index in [0.717, 1.165) is 11.4 Å². The minimum atomic E-state index is -4.93. The van der Waals surface area contributed by atoms with E-state index >= 15 is 0 Å². The molecule has 13 nitrogen and oxygen atoms in total. The largest absolute Gasteiger partial charge is 0.573 e. The topological polar surface area (TPSA) is 160 Å². The van der Waals surface area contributed by atoms with Crippen molar-refractivity contribution in [1.82, 2.24) is 29.8 Å². The lowest BCUT2D eigenvalue weighted by molar-refractivity contribution is -0.274. The van der Waals surface area contributed by atoms with Crippen LogP contribution in [0.15, 0.2) is 35.7 Å². The number of amides is 4. The SMILES string of the molecule is Cc1c(OC(F)(F)F)ccc2c(O[C@H]3C[C@H]4C(=O)N(C)CCCC/C=C\[C@@H]5C[C@@]5(C(=O)NS(=O)(=O)C5(C)CC5)NC(=O)N4C3)cc(-c3csc(C(C)C)n3)nc12. The molecule has 1 saturated heterocycles. The molecule has 2 aliphatic carbocycles. The predicted molar refractivity (Wildman–Crippen MR) is 203 cm³/mol. The fraction of sp³-hybridized carbons (Fsp3) is 0.553. The third kappa shape index (κ3) is 7.78. The molecule has 2 aromatic heterocycles. The van der Waals surface area contributed by atoms with Crippen LogP contribution in [0.5, 0.6) is 11.5 Å². The molecule has 4 atom stereocenters. The van der Waals surface area contributed by atoms with Crippen LogP contribution >= 0.6 is 11.3 Å². The first-order valence-electron chi connectivity index (χ1n) is 18.7. The highest BCUT2D eigenvalue weighted by molar-refractivity contribution is 7.91. The number of rotatable bonds is 8. The number of allylic oxidation sites excluding steroid dienone is 1. The number of sulfonamides is 1. The maximum absolute atomic E-state index is 14.3. The molecule has 0 spiro atoms. The zero-order valence-electron chi connectivity index (χ0n) is 31.7. The van der Waals surface area contributed by atoms with Crippen molar-refractivity contribution < 1.29 is 45.4 Å². The molecule has 3 aromatic rings. The molecule has 302 valence electrons. The van der Waals surface area contributed by atoms with Crippen molar-refractivity contribution in [1.29, 1.82) is 0 Å². The fourth-order valence-electron chi connectivity index (χ4n) is 7.30. The third-order valence-corrected chi connectivity index (χ3v) is 14.5. The Balaban J connectivity index is 1.22. The van der Waals surface area contributed by atoms with E-state index in [2.05, 4.69) is 14.8 Å². The van der Waals surface area contributed by atoms with Gasteiger partial charge < -0.3 is 24.6 Å². The average Bonchev–Trinajstić information content (AvgIpc) is 3.89. The Kier molecular flexibility index (Phi) is 10.3. The number of likely N-dealkylation sites (N-methyl/N-ethyl adjacent to an activating group) is 1. The van der Waals surface area contributed by atoms with Crippen molar-refractivity contribution >= 4 is 50.1 Å². The molecule has 18 heteroatoms. The molecule has 2 saturated carbocycles. The summed E-state index contributed by atoms with van der Waals surface area (Å²) in [5, 5.41) is 5.86. The number of fused-ring (bicyclic) bond motifs is 3. The van der Waals surface area contributed by atoms with Crippen molar-refractivity contribution in [2.45, 2.75) is 107 Å². The Bertz CT molecular complexity index is 2210. The van der Waals surface area contributed by atoms with E-state index in [-0.39, 0.29) is 48.0 Å². The third-order valence-electron chi connectivity index (χ3n) is 11.2. The summed E-state index contributed by atoms with van der Waals surface area (Å²) in [6.45, 7) is 7.38. The van der Waals surface area contributed by atoms with E-state index in [0.29, 0.717) is 49.0 Å². The highest BCUT2D eigenvalue weighted by atomic mass is 32.2. The van der Waals surface area contributed by atoms with Gasteiger partial charge in [0.25, 0.3) is 5.91 Å². The van der Waals surface area contributed by atoms with Crippen LogP contribution in [0.2, 0.25) is 0 Å². The molecule has 1 aromatic carbocycles. The van der Waals surface area contributed by atoms with E-state index in [4.69, 9.17) is 14.7 Å². The van der Waals surface area contributed by atoms with E-state index in [1.165, 1.54) is 35.3 Å². The van der Waals surface area contributed by atoms with Crippen molar-refractivity contribution in [3.8, 4) is 22.9 Å². The molecule has 56 heavy (non-hydrogen) atoms. The van der Waals surface area contributed by atoms with Gasteiger partial charge in [-0.3, -0.25) is 14.3 Å². The normalized spacial score (nSPS) is 25.9. The summed E-state index contributed by atoms with van der Waals surface area (Å²) in [7, 11) is -2.34. The van der Waals surface area contributed by atoms with Crippen LogP contribution in [0.25, 0.3) is 22.3 Å². The van der Waals surface area contributed by atoms with E-state index in [1.807, 2.05) is 31.4 Å². The van der Waals surface area contributed by atoms with Crippen LogP contribution < -0.4 is 19.5 Å². The summed E-state index contributed by atoms with van der Waals surface area (Å²) in [6.07, 6.45) is 1.27. The average molecular weight is 819 g/mol. The van der Waals surface area contributed by atoms with Gasteiger partial charge in [-0.05, 0) is 64.5 Å². The predicted octanol–water partition coefficient (Wildman–Crippen LogP) is 6.18. The molecular formula is C38H45F3N6O7S2. The molecule has 3 fully saturated rings. The number of nitrogens with zero attached hydrogens (tertiary/aromatic N) is 4. The lowest BCUT2D eigenvalue weighted by Gasteiger charge is -2.30. The van der Waals surface area contributed by atoms with Crippen molar-refractivity contribution in [2.75, 3.05) is 20.1 Å². The van der Waals surface area contributed by atoms with Gasteiger partial charge in [0, 0.05) is 54.2 Å². The van der Waals surface area contributed by atoms with Crippen molar-refractivity contribution in [3.63, 3.8) is 0 Å². The number of thiazole rings is 1. The summed E-state index contributed by atoms with van der Waals surface area (Å²) in [4.78, 5) is 54.3. The Morgan fingerprint density at radius 1 is 1.12 bits per heavy atom. The summed E-state index contributed by atoms with van der Waals surface area (Å²) >= 11 is 1.43. The van der Waals surface area contributed by atoms with Gasteiger partial charge in [-0.1, -0.05) is 26.0 Å². The number of ether oxygens (including phenoxy) is 2. The number of carbonyl (C=O) groups is 3. The Hall–Kier alpha value is -4.45. The highest BCUT2D eigenvalue weighted by Crippen LogP contribution is 2.48. The van der Waals surface area contributed by atoms with Crippen molar-refractivity contribution in [3.05, 3.63) is 46.3 Å². The molecule has 4 amide bonds. The maximum atomic E-state index is 14.3. The van der Waals surface area contributed by atoms with Gasteiger partial charge >= 0.3 is 12.4 Å². The quantitative estimate of drug-likeness (QED) is 0.253. The molecule has 0 radical (unpaired) electrons. The first-order chi connectivity index (χ1) is 26.3. The van der Waals surface area contributed by atoms with Gasteiger partial charge in [-0.15, -0.1) is 24.5 Å². The molecule has 4 heterocycles. The second-order valence-electron chi connectivity index (χ2n) is 15.8. The fourth-order valence-corrected chi connectivity index (χ4v) is 9.44. The standard InChI is InChI=1S/C38H45F3N6O7S2/c1-21(2)32-43-27(20-55-32)26-17-30(25-11-12-29(54-38(39,40)41)22(3)31(25)42-26)53-24-16-28-33(48)46(5)15-9-7-6-8-10-23-18-37(23,44-35(50)47(28)19-24)34(49)45-56(51,52)36(4)13-14-36/h8,10-12,17,20-21,23-24,28H,6-7,9,13-16,18-19H2,1-5H3,(H,44,50)(H,45,49)/b10-8-/t23-,24+,28+,37-/m1/s1. The number of alkyl halides is 3. The number of benzene rings is 1. The monoisotopic (exact) mass is 818 g/mol. The number of halogens is 3. The summed E-state index contributed by atoms with van der Waals surface area (Å²) in [6, 6.07) is 2.54. The van der Waals surface area contributed by atoms with Crippen LogP contribution in [0.3, 0.4) is 0 Å². The molecule has 7 rings (SSSR count). The lowest BCUT2D eigenvalue weighted by atomic mass is 10.1. The molecule has 0 unspecified atom stereocenters. The number of aryl methyl sites for hydroxylation is 1. The number of pyridine rings is 1. The van der Waals surface area contributed by atoms with E-state index < -0.39 is 62.4 Å². The van der Waals surface area contributed by atoms with Crippen LogP contribution in [0.4, 0.5) is 18.0 Å². The minimum absolute atomic E-state index is 0.0630. The molecule has 2 N–H and O–H groups in total. The highest BCUT2D eigenvalue weighted by Gasteiger charge is 2.63. The Morgan fingerprint density at radius 3 is 2.55 bits per heavy atom. The smallest absolute Gasteiger partial charge is 0.488 e. The van der Waals surface area contributed by atoms with Gasteiger partial charge in [0.1, 0.15) is 29.2 Å². The number of hydrogen-bond donors (Lipinski definition) is 2. The molecule has 4 aliphatic rings. The van der Waals surface area contributed by atoms with Crippen LogP contribution in [-0.4, -0.2) is 95.0 Å². The van der Waals surface area contributed by atoms with Gasteiger partial charge in [0.2, 0.25) is 15.9 Å². The first-order valence-corrected chi connectivity index (χ1v) is 21.1. The second kappa shape index (κ2) is 14.5. The molecule has 2 aliphatic heterocycles. The number of urea groups is 1.